The summed E-state index contributed by atoms with van der Waals surface area (Å²) in [6.07, 6.45) is 3.20. The fourth-order valence-corrected chi connectivity index (χ4v) is 3.93. The molecule has 3 aromatic heterocycles. The van der Waals surface area contributed by atoms with E-state index in [1.807, 2.05) is 0 Å². The normalized spacial score (nSPS) is 16.2. The Kier molecular flexibility index (Phi) is 6.17. The summed E-state index contributed by atoms with van der Waals surface area (Å²) in [5, 5.41) is 6.29. The number of fused-ring (bicyclic) bond motifs is 1. The van der Waals surface area contributed by atoms with Crippen LogP contribution < -0.4 is 5.32 Å². The third-order valence-electron chi connectivity index (χ3n) is 5.57. The van der Waals surface area contributed by atoms with E-state index in [2.05, 4.69) is 25.4 Å². The standard InChI is InChI=1S/C22H20F3N7O3/c1-31-18-17(27-11-28-19(18)30-20(31)16-10-34-2-3-35-16)21(33)26-7-12-4-13(6-15(23)5-12)14-8-29-32(9-14)22(24)25/h4-6,8-9,11,16,22H,2-3,7,10H2,1H3,(H,26,33). The molecule has 1 aliphatic rings. The van der Waals surface area contributed by atoms with Crippen LogP contribution in [0.4, 0.5) is 13.2 Å². The average molecular weight is 487 g/mol. The Labute approximate surface area is 196 Å². The van der Waals surface area contributed by atoms with Gasteiger partial charge in [0.1, 0.15) is 29.6 Å². The van der Waals surface area contributed by atoms with Gasteiger partial charge in [-0.2, -0.15) is 13.9 Å². The van der Waals surface area contributed by atoms with E-state index in [4.69, 9.17) is 9.47 Å². The van der Waals surface area contributed by atoms with Gasteiger partial charge in [0, 0.05) is 25.4 Å². The molecule has 35 heavy (non-hydrogen) atoms. The molecule has 13 heteroatoms. The lowest BCUT2D eigenvalue weighted by molar-refractivity contribution is -0.0942. The van der Waals surface area contributed by atoms with E-state index in [0.717, 1.165) is 6.20 Å². The van der Waals surface area contributed by atoms with Crippen LogP contribution in [0, 0.1) is 5.82 Å². The highest BCUT2D eigenvalue weighted by Gasteiger charge is 2.26. The highest BCUT2D eigenvalue weighted by Crippen LogP contribution is 2.25. The minimum atomic E-state index is -2.80. The van der Waals surface area contributed by atoms with Crippen molar-refractivity contribution in [1.82, 2.24) is 34.6 Å². The highest BCUT2D eigenvalue weighted by molar-refractivity contribution is 6.02. The van der Waals surface area contributed by atoms with Crippen molar-refractivity contribution in [3.8, 4) is 11.1 Å². The number of nitrogens with zero attached hydrogens (tertiary/aromatic N) is 6. The molecule has 0 radical (unpaired) electrons. The van der Waals surface area contributed by atoms with Gasteiger partial charge in [-0.25, -0.2) is 24.0 Å². The fourth-order valence-electron chi connectivity index (χ4n) is 3.93. The zero-order chi connectivity index (χ0) is 24.5. The number of hydrogen-bond donors (Lipinski definition) is 1. The topological polar surface area (TPSA) is 109 Å². The van der Waals surface area contributed by atoms with E-state index in [1.54, 1.807) is 17.7 Å². The van der Waals surface area contributed by atoms with Crippen LogP contribution in [0.1, 0.15) is 34.5 Å². The van der Waals surface area contributed by atoms with Gasteiger partial charge in [0.15, 0.2) is 11.3 Å². The van der Waals surface area contributed by atoms with E-state index in [0.29, 0.717) is 58.2 Å². The average Bonchev–Trinajstić information content (AvgIpc) is 3.48. The van der Waals surface area contributed by atoms with Crippen molar-refractivity contribution >= 4 is 17.1 Å². The summed E-state index contributed by atoms with van der Waals surface area (Å²) in [5.41, 5.74) is 1.97. The maximum absolute atomic E-state index is 14.2. The molecule has 1 aliphatic heterocycles. The van der Waals surface area contributed by atoms with Gasteiger partial charge in [-0.1, -0.05) is 0 Å². The minimum Gasteiger partial charge on any atom is -0.376 e. The Morgan fingerprint density at radius 2 is 2.09 bits per heavy atom. The van der Waals surface area contributed by atoms with Gasteiger partial charge in [0.05, 0.1) is 26.0 Å². The van der Waals surface area contributed by atoms with Crippen LogP contribution in [0.2, 0.25) is 0 Å². The Balaban J connectivity index is 1.37. The summed E-state index contributed by atoms with van der Waals surface area (Å²) in [7, 11) is 1.74. The molecule has 1 N–H and O–H groups in total. The summed E-state index contributed by atoms with van der Waals surface area (Å²) in [5.74, 6) is -0.524. The van der Waals surface area contributed by atoms with Crippen molar-refractivity contribution in [2.45, 2.75) is 19.2 Å². The maximum atomic E-state index is 14.2. The van der Waals surface area contributed by atoms with Gasteiger partial charge >= 0.3 is 6.55 Å². The van der Waals surface area contributed by atoms with Crippen molar-refractivity contribution in [2.75, 3.05) is 19.8 Å². The first-order valence-corrected chi connectivity index (χ1v) is 10.7. The molecule has 4 aromatic rings. The lowest BCUT2D eigenvalue weighted by atomic mass is 10.1. The number of carbonyl (C=O) groups is 1. The molecule has 1 fully saturated rings. The predicted molar refractivity (Wildman–Crippen MR) is 116 cm³/mol. The number of ether oxygens (including phenoxy) is 2. The smallest absolute Gasteiger partial charge is 0.333 e. The molecule has 10 nitrogen and oxygen atoms in total. The highest BCUT2D eigenvalue weighted by atomic mass is 19.3. The number of benzene rings is 1. The number of rotatable bonds is 6. The van der Waals surface area contributed by atoms with Crippen LogP contribution in [-0.2, 0) is 23.1 Å². The van der Waals surface area contributed by atoms with Crippen molar-refractivity contribution in [1.29, 1.82) is 0 Å². The molecule has 1 aromatic carbocycles. The van der Waals surface area contributed by atoms with Crippen molar-refractivity contribution in [3.63, 3.8) is 0 Å². The van der Waals surface area contributed by atoms with E-state index in [9.17, 15) is 18.0 Å². The summed E-state index contributed by atoms with van der Waals surface area (Å²) in [6, 6.07) is 4.05. The lowest BCUT2D eigenvalue weighted by Crippen LogP contribution is -2.25. The first kappa shape index (κ1) is 22.9. The van der Waals surface area contributed by atoms with E-state index >= 15 is 0 Å². The quantitative estimate of drug-likeness (QED) is 0.446. The first-order valence-electron chi connectivity index (χ1n) is 10.7. The largest absolute Gasteiger partial charge is 0.376 e. The molecule has 0 saturated carbocycles. The van der Waals surface area contributed by atoms with Crippen LogP contribution >= 0.6 is 0 Å². The van der Waals surface area contributed by atoms with E-state index in [1.165, 1.54) is 24.7 Å². The molecule has 0 bridgehead atoms. The van der Waals surface area contributed by atoms with Crippen molar-refractivity contribution in [3.05, 3.63) is 59.8 Å². The Hall–Kier alpha value is -3.84. The van der Waals surface area contributed by atoms with Gasteiger partial charge in [-0.15, -0.1) is 0 Å². The number of amides is 1. The Morgan fingerprint density at radius 1 is 1.23 bits per heavy atom. The summed E-state index contributed by atoms with van der Waals surface area (Å²) < 4.78 is 53.2. The van der Waals surface area contributed by atoms with Crippen LogP contribution in [0.25, 0.3) is 22.3 Å². The first-order chi connectivity index (χ1) is 16.9. The van der Waals surface area contributed by atoms with Gasteiger partial charge < -0.3 is 19.4 Å². The van der Waals surface area contributed by atoms with Gasteiger partial charge in [-0.3, -0.25) is 4.79 Å². The predicted octanol–water partition coefficient (Wildman–Crippen LogP) is 2.78. The second-order valence-electron chi connectivity index (χ2n) is 7.88. The third kappa shape index (κ3) is 4.59. The number of aryl methyl sites for hydroxylation is 1. The zero-order valence-electron chi connectivity index (χ0n) is 18.5. The maximum Gasteiger partial charge on any atom is 0.333 e. The number of nitrogens with one attached hydrogen (secondary N) is 1. The van der Waals surface area contributed by atoms with E-state index < -0.39 is 18.3 Å². The van der Waals surface area contributed by atoms with Gasteiger partial charge in [-0.05, 0) is 29.3 Å². The SMILES string of the molecule is Cn1c(C2COCCO2)nc2ncnc(C(=O)NCc3cc(F)cc(-c4cnn(C(F)F)c4)c3)c21. The monoisotopic (exact) mass is 487 g/mol. The molecule has 1 amide bonds. The Bertz CT molecular complexity index is 1380. The molecule has 4 heterocycles. The van der Waals surface area contributed by atoms with E-state index in [-0.39, 0.29) is 18.3 Å². The number of carbonyl (C=O) groups excluding carboxylic acids is 1. The zero-order valence-corrected chi connectivity index (χ0v) is 18.5. The fraction of sp³-hybridized carbons (Fsp3) is 0.318. The molecule has 1 saturated heterocycles. The summed E-state index contributed by atoms with van der Waals surface area (Å²) in [4.78, 5) is 25.8. The molecule has 0 aliphatic carbocycles. The van der Waals surface area contributed by atoms with Crippen molar-refractivity contribution in [2.24, 2.45) is 7.05 Å². The lowest BCUT2D eigenvalue weighted by Gasteiger charge is -2.22. The molecule has 1 atom stereocenters. The number of hydrogen-bond acceptors (Lipinski definition) is 7. The molecule has 182 valence electrons. The molecule has 1 unspecified atom stereocenters. The third-order valence-corrected chi connectivity index (χ3v) is 5.57. The second-order valence-corrected chi connectivity index (χ2v) is 7.88. The molecular formula is C22H20F3N7O3. The van der Waals surface area contributed by atoms with Crippen molar-refractivity contribution < 1.29 is 27.4 Å². The number of halogens is 3. The Morgan fingerprint density at radius 3 is 2.83 bits per heavy atom. The second kappa shape index (κ2) is 9.43. The van der Waals surface area contributed by atoms with Crippen LogP contribution in [-0.4, -0.2) is 55.0 Å². The van der Waals surface area contributed by atoms with Gasteiger partial charge in [0.25, 0.3) is 5.91 Å². The minimum absolute atomic E-state index is 0.0254. The van der Waals surface area contributed by atoms with Crippen LogP contribution in [0.5, 0.6) is 0 Å². The van der Waals surface area contributed by atoms with Crippen LogP contribution in [0.15, 0.2) is 36.9 Å². The molecule has 0 spiro atoms. The summed E-state index contributed by atoms with van der Waals surface area (Å²) >= 11 is 0. The molecule has 5 rings (SSSR count). The summed E-state index contributed by atoms with van der Waals surface area (Å²) in [6.45, 7) is -1.55. The molecular weight excluding hydrogens is 467 g/mol. The number of aromatic nitrogens is 6. The van der Waals surface area contributed by atoms with Crippen LogP contribution in [0.3, 0.4) is 0 Å². The number of imidazole rings is 1. The van der Waals surface area contributed by atoms with Gasteiger partial charge in [0.2, 0.25) is 0 Å². The number of alkyl halides is 2.